The average Bonchev–Trinajstić information content (AvgIpc) is 2.84. The molecule has 0 aliphatic rings. The Hall–Kier alpha value is -1.59. The highest BCUT2D eigenvalue weighted by Gasteiger charge is 2.04. The molecular weight excluding hydrogens is 328 g/mol. The number of halogens is 1. The number of hydrogen-bond donors (Lipinski definition) is 2. The monoisotopic (exact) mass is 350 g/mol. The maximum Gasteiger partial charge on any atom is 0.191 e. The van der Waals surface area contributed by atoms with Crippen LogP contribution in [-0.4, -0.2) is 24.0 Å². The lowest BCUT2D eigenvalue weighted by Crippen LogP contribution is -2.38. The highest BCUT2D eigenvalue weighted by molar-refractivity contribution is 7.11. The number of aromatic nitrogens is 1. The van der Waals surface area contributed by atoms with Crippen molar-refractivity contribution in [3.05, 3.63) is 50.4 Å². The number of benzene rings is 1. The first-order valence-corrected chi connectivity index (χ1v) is 8.98. The molecule has 0 radical (unpaired) electrons. The van der Waals surface area contributed by atoms with Crippen LogP contribution >= 0.6 is 22.9 Å². The van der Waals surface area contributed by atoms with Gasteiger partial charge in [-0.3, -0.25) is 0 Å². The number of guanidine groups is 1. The van der Waals surface area contributed by atoms with Crippen LogP contribution in [0.5, 0.6) is 0 Å². The Morgan fingerprint density at radius 3 is 2.70 bits per heavy atom. The Morgan fingerprint density at radius 2 is 2.04 bits per heavy atom. The molecule has 124 valence electrons. The minimum absolute atomic E-state index is 0.560. The van der Waals surface area contributed by atoms with Crippen molar-refractivity contribution in [1.82, 2.24) is 15.6 Å². The molecule has 0 saturated carbocycles. The fourth-order valence-electron chi connectivity index (χ4n) is 2.07. The molecule has 2 rings (SSSR count). The molecule has 1 heterocycles. The molecule has 0 amide bonds. The molecule has 23 heavy (non-hydrogen) atoms. The van der Waals surface area contributed by atoms with E-state index in [1.54, 1.807) is 11.3 Å². The van der Waals surface area contributed by atoms with E-state index < -0.39 is 0 Å². The van der Waals surface area contributed by atoms with Crippen LogP contribution in [0.3, 0.4) is 0 Å². The van der Waals surface area contributed by atoms with Gasteiger partial charge in [-0.1, -0.05) is 29.8 Å². The molecule has 0 fully saturated rings. The van der Waals surface area contributed by atoms with Gasteiger partial charge in [0.2, 0.25) is 0 Å². The van der Waals surface area contributed by atoms with E-state index in [-0.39, 0.29) is 0 Å². The zero-order valence-corrected chi connectivity index (χ0v) is 15.4. The van der Waals surface area contributed by atoms with Gasteiger partial charge in [-0.2, -0.15) is 0 Å². The predicted octanol–water partition coefficient (Wildman–Crippen LogP) is 3.71. The zero-order valence-electron chi connectivity index (χ0n) is 13.8. The summed E-state index contributed by atoms with van der Waals surface area (Å²) in [5, 5.41) is 8.52. The third kappa shape index (κ3) is 5.52. The Morgan fingerprint density at radius 1 is 1.26 bits per heavy atom. The number of nitrogens with one attached hydrogen (secondary N) is 2. The molecule has 0 atom stereocenters. The van der Waals surface area contributed by atoms with Gasteiger partial charge < -0.3 is 10.6 Å². The number of aliphatic imine (C=N–C) groups is 1. The maximum atomic E-state index is 6.17. The largest absolute Gasteiger partial charge is 0.357 e. The van der Waals surface area contributed by atoms with Crippen LogP contribution < -0.4 is 10.6 Å². The smallest absolute Gasteiger partial charge is 0.191 e. The molecule has 0 aliphatic heterocycles. The molecule has 0 bridgehead atoms. The van der Waals surface area contributed by atoms with Gasteiger partial charge in [-0.05, 0) is 32.4 Å². The predicted molar refractivity (Wildman–Crippen MR) is 99.6 cm³/mol. The molecule has 0 aliphatic carbocycles. The van der Waals surface area contributed by atoms with Crippen molar-refractivity contribution in [1.29, 1.82) is 0 Å². The second-order valence-electron chi connectivity index (χ2n) is 5.21. The first kappa shape index (κ1) is 17.8. The summed E-state index contributed by atoms with van der Waals surface area (Å²) < 4.78 is 0. The van der Waals surface area contributed by atoms with Gasteiger partial charge in [0.05, 0.1) is 17.2 Å². The van der Waals surface area contributed by atoms with Gasteiger partial charge in [-0.25, -0.2) is 9.98 Å². The quantitative estimate of drug-likeness (QED) is 0.616. The summed E-state index contributed by atoms with van der Waals surface area (Å²) >= 11 is 7.93. The van der Waals surface area contributed by atoms with Crippen molar-refractivity contribution < 1.29 is 0 Å². The van der Waals surface area contributed by atoms with E-state index in [1.807, 2.05) is 24.3 Å². The van der Waals surface area contributed by atoms with Gasteiger partial charge in [0.25, 0.3) is 0 Å². The fourth-order valence-corrected chi connectivity index (χ4v) is 3.20. The summed E-state index contributed by atoms with van der Waals surface area (Å²) in [7, 11) is 0. The third-order valence-electron chi connectivity index (χ3n) is 3.41. The van der Waals surface area contributed by atoms with Crippen molar-refractivity contribution >= 4 is 28.9 Å². The summed E-state index contributed by atoms with van der Waals surface area (Å²) in [4.78, 5) is 10.4. The summed E-state index contributed by atoms with van der Waals surface area (Å²) in [6, 6.07) is 7.79. The van der Waals surface area contributed by atoms with E-state index in [0.717, 1.165) is 46.8 Å². The summed E-state index contributed by atoms with van der Waals surface area (Å²) in [6.45, 7) is 8.41. The van der Waals surface area contributed by atoms with Gasteiger partial charge >= 0.3 is 0 Å². The second-order valence-corrected chi connectivity index (χ2v) is 6.91. The normalized spacial score (nSPS) is 11.6. The number of hydrogen-bond acceptors (Lipinski definition) is 3. The molecule has 0 spiro atoms. The van der Waals surface area contributed by atoms with Crippen molar-refractivity contribution in [2.45, 2.75) is 33.7 Å². The van der Waals surface area contributed by atoms with Gasteiger partial charge in [-0.15, -0.1) is 11.3 Å². The molecule has 4 nitrogen and oxygen atoms in total. The van der Waals surface area contributed by atoms with Gasteiger partial charge in [0.15, 0.2) is 5.96 Å². The Balaban J connectivity index is 1.90. The van der Waals surface area contributed by atoms with Crippen LogP contribution in [0.2, 0.25) is 5.02 Å². The first-order valence-electron chi connectivity index (χ1n) is 7.78. The summed E-state index contributed by atoms with van der Waals surface area (Å²) in [5.41, 5.74) is 2.15. The van der Waals surface area contributed by atoms with E-state index in [4.69, 9.17) is 11.6 Å². The average molecular weight is 351 g/mol. The van der Waals surface area contributed by atoms with Crippen LogP contribution in [0.25, 0.3) is 0 Å². The van der Waals surface area contributed by atoms with E-state index in [1.165, 1.54) is 4.88 Å². The molecule has 0 unspecified atom stereocenters. The lowest BCUT2D eigenvalue weighted by Gasteiger charge is -2.11. The molecule has 6 heteroatoms. The number of aryl methyl sites for hydroxylation is 2. The van der Waals surface area contributed by atoms with E-state index >= 15 is 0 Å². The standard InChI is InChI=1S/C17H23ClN4S/c1-4-19-17(21-11-14-7-5-6-8-15(14)18)20-10-9-16-22-12(2)13(3)23-16/h5-8H,4,9-11H2,1-3H3,(H2,19,20,21). The lowest BCUT2D eigenvalue weighted by atomic mass is 10.2. The summed E-state index contributed by atoms with van der Waals surface area (Å²) in [5.74, 6) is 0.803. The number of nitrogens with zero attached hydrogens (tertiary/aromatic N) is 2. The third-order valence-corrected chi connectivity index (χ3v) is 4.92. The van der Waals surface area contributed by atoms with E-state index in [0.29, 0.717) is 6.54 Å². The van der Waals surface area contributed by atoms with Crippen LogP contribution in [0, 0.1) is 13.8 Å². The highest BCUT2D eigenvalue weighted by Crippen LogP contribution is 2.17. The SMILES string of the molecule is CCNC(=NCc1ccccc1Cl)NCCc1nc(C)c(C)s1. The Bertz CT molecular complexity index is 647. The van der Waals surface area contributed by atoms with E-state index in [9.17, 15) is 0 Å². The van der Waals surface area contributed by atoms with Crippen molar-refractivity contribution in [2.75, 3.05) is 13.1 Å². The zero-order chi connectivity index (χ0) is 16.7. The minimum Gasteiger partial charge on any atom is -0.357 e. The van der Waals surface area contributed by atoms with Crippen LogP contribution in [-0.2, 0) is 13.0 Å². The van der Waals surface area contributed by atoms with Gasteiger partial charge in [0, 0.05) is 29.4 Å². The molecule has 0 saturated heterocycles. The lowest BCUT2D eigenvalue weighted by molar-refractivity contribution is 0.795. The topological polar surface area (TPSA) is 49.3 Å². The Labute approximate surface area is 147 Å². The molecule has 1 aromatic carbocycles. The van der Waals surface area contributed by atoms with Crippen LogP contribution in [0.4, 0.5) is 0 Å². The Kier molecular flexibility index (Phi) is 6.86. The first-order chi connectivity index (χ1) is 11.1. The fraction of sp³-hybridized carbons (Fsp3) is 0.412. The summed E-state index contributed by atoms with van der Waals surface area (Å²) in [6.07, 6.45) is 0.899. The van der Waals surface area contributed by atoms with Gasteiger partial charge in [0.1, 0.15) is 0 Å². The second kappa shape index (κ2) is 8.89. The van der Waals surface area contributed by atoms with Crippen LogP contribution in [0.1, 0.15) is 28.1 Å². The number of rotatable bonds is 6. The van der Waals surface area contributed by atoms with Crippen molar-refractivity contribution in [2.24, 2.45) is 4.99 Å². The number of thiazole rings is 1. The van der Waals surface area contributed by atoms with E-state index in [2.05, 4.69) is 41.4 Å². The van der Waals surface area contributed by atoms with Crippen LogP contribution in [0.15, 0.2) is 29.3 Å². The van der Waals surface area contributed by atoms with Crippen molar-refractivity contribution in [3.63, 3.8) is 0 Å². The maximum absolute atomic E-state index is 6.17. The highest BCUT2D eigenvalue weighted by atomic mass is 35.5. The molecule has 2 N–H and O–H groups in total. The molecule has 1 aromatic heterocycles. The molecule has 2 aromatic rings. The molecular formula is C17H23ClN4S. The van der Waals surface area contributed by atoms with Crippen molar-refractivity contribution in [3.8, 4) is 0 Å². The minimum atomic E-state index is 0.560.